The van der Waals surface area contributed by atoms with Crippen LogP contribution < -0.4 is 19.7 Å². The molecule has 2 N–H and O–H groups in total. The Morgan fingerprint density at radius 2 is 1.82 bits per heavy atom. The maximum absolute atomic E-state index is 14.9. The number of anilines is 2. The molecule has 0 radical (unpaired) electrons. The maximum Gasteiger partial charge on any atom is 0.264 e. The molecule has 0 amide bonds. The van der Waals surface area contributed by atoms with Gasteiger partial charge in [-0.1, -0.05) is 6.07 Å². The highest BCUT2D eigenvalue weighted by Crippen LogP contribution is 2.34. The van der Waals surface area contributed by atoms with Gasteiger partial charge in [0.2, 0.25) is 0 Å². The van der Waals surface area contributed by atoms with Crippen LogP contribution in [0.25, 0.3) is 10.4 Å². The lowest BCUT2D eigenvalue weighted by molar-refractivity contribution is 0.406. The van der Waals surface area contributed by atoms with Crippen LogP contribution in [0.15, 0.2) is 53.4 Å². The Kier molecular flexibility index (Phi) is 6.65. The highest BCUT2D eigenvalue weighted by molar-refractivity contribution is 7.92. The average molecular weight is 490 g/mol. The summed E-state index contributed by atoms with van der Waals surface area (Å²) in [6, 6.07) is 14.0. The van der Waals surface area contributed by atoms with Crippen molar-refractivity contribution in [1.29, 1.82) is 0 Å². The summed E-state index contributed by atoms with van der Waals surface area (Å²) < 4.78 is 49.0. The summed E-state index contributed by atoms with van der Waals surface area (Å²) in [6.07, 6.45) is 0. The fourth-order valence-corrected chi connectivity index (χ4v) is 6.16. The van der Waals surface area contributed by atoms with Crippen LogP contribution in [0.4, 0.5) is 15.8 Å². The van der Waals surface area contributed by atoms with Gasteiger partial charge in [0.05, 0.1) is 12.8 Å². The first-order valence-corrected chi connectivity index (χ1v) is 13.0. The first-order chi connectivity index (χ1) is 15.7. The van der Waals surface area contributed by atoms with E-state index >= 15 is 0 Å². The molecule has 0 saturated carbocycles. The van der Waals surface area contributed by atoms with Crippen LogP contribution >= 0.6 is 11.3 Å². The molecule has 0 unspecified atom stereocenters. The second-order valence-electron chi connectivity index (χ2n) is 8.42. The zero-order valence-corrected chi connectivity index (χ0v) is 20.7. The van der Waals surface area contributed by atoms with Crippen LogP contribution in [0.3, 0.4) is 0 Å². The van der Waals surface area contributed by atoms with E-state index in [0.29, 0.717) is 23.4 Å². The maximum atomic E-state index is 14.9. The first-order valence-electron chi connectivity index (χ1n) is 10.7. The summed E-state index contributed by atoms with van der Waals surface area (Å²) in [5.41, 5.74) is 1.79. The summed E-state index contributed by atoms with van der Waals surface area (Å²) in [5, 5.41) is 3.48. The third kappa shape index (κ3) is 5.15. The van der Waals surface area contributed by atoms with Crippen molar-refractivity contribution in [1.82, 2.24) is 5.32 Å². The second kappa shape index (κ2) is 9.32. The van der Waals surface area contributed by atoms with Gasteiger partial charge in [-0.05, 0) is 68.8 Å². The van der Waals surface area contributed by atoms with E-state index in [1.807, 2.05) is 25.1 Å². The minimum atomic E-state index is -4.17. The normalized spacial score (nSPS) is 18.9. The Bertz CT molecular complexity index is 1250. The fraction of sp³-hybridized carbons (Fsp3) is 0.333. The van der Waals surface area contributed by atoms with Crippen molar-refractivity contribution in [2.45, 2.75) is 37.8 Å². The monoisotopic (exact) mass is 489 g/mol. The lowest BCUT2D eigenvalue weighted by Crippen LogP contribution is -2.54. The number of benzene rings is 2. The van der Waals surface area contributed by atoms with E-state index in [0.717, 1.165) is 28.5 Å². The van der Waals surface area contributed by atoms with Crippen LogP contribution in [0.1, 0.15) is 18.7 Å². The predicted molar refractivity (Wildman–Crippen MR) is 133 cm³/mol. The molecule has 0 aliphatic carbocycles. The van der Waals surface area contributed by atoms with Gasteiger partial charge in [0.1, 0.15) is 16.5 Å². The summed E-state index contributed by atoms with van der Waals surface area (Å²) in [5.74, 6) is -0.435. The molecule has 1 saturated heterocycles. The molecule has 1 fully saturated rings. The minimum Gasteiger partial charge on any atom is -0.495 e. The Labute approximate surface area is 198 Å². The van der Waals surface area contributed by atoms with Crippen LogP contribution in [-0.4, -0.2) is 40.7 Å². The number of sulfonamides is 1. The average Bonchev–Trinajstić information content (AvgIpc) is 3.19. The molecule has 9 heteroatoms. The van der Waals surface area contributed by atoms with Crippen molar-refractivity contribution >= 4 is 32.7 Å². The topological polar surface area (TPSA) is 70.7 Å². The molecule has 2 aromatic carbocycles. The van der Waals surface area contributed by atoms with E-state index in [2.05, 4.69) is 28.8 Å². The number of ether oxygens (including phenoxy) is 1. The smallest absolute Gasteiger partial charge is 0.264 e. The Morgan fingerprint density at radius 3 is 2.42 bits per heavy atom. The zero-order valence-electron chi connectivity index (χ0n) is 19.1. The highest BCUT2D eigenvalue weighted by Gasteiger charge is 2.24. The summed E-state index contributed by atoms with van der Waals surface area (Å²) >= 11 is 1.53. The number of nitrogens with one attached hydrogen (secondary N) is 2. The molecule has 2 atom stereocenters. The van der Waals surface area contributed by atoms with E-state index in [1.165, 1.54) is 30.6 Å². The molecule has 1 aliphatic rings. The van der Waals surface area contributed by atoms with Gasteiger partial charge in [-0.25, -0.2) is 12.8 Å². The van der Waals surface area contributed by atoms with E-state index in [-0.39, 0.29) is 5.69 Å². The molecule has 1 aliphatic heterocycles. The highest BCUT2D eigenvalue weighted by atomic mass is 32.2. The van der Waals surface area contributed by atoms with Crippen molar-refractivity contribution in [2.75, 3.05) is 29.8 Å². The number of aryl methyl sites for hydroxylation is 1. The number of nitrogens with zero attached hydrogens (tertiary/aromatic N) is 1. The van der Waals surface area contributed by atoms with E-state index < -0.39 is 20.7 Å². The molecule has 33 heavy (non-hydrogen) atoms. The Hall–Kier alpha value is -2.62. The molecular formula is C24H28FN3O3S2. The second-order valence-corrected chi connectivity index (χ2v) is 11.4. The van der Waals surface area contributed by atoms with Crippen molar-refractivity contribution in [3.05, 3.63) is 59.2 Å². The van der Waals surface area contributed by atoms with Gasteiger partial charge in [0.15, 0.2) is 0 Å². The van der Waals surface area contributed by atoms with Crippen LogP contribution in [0.2, 0.25) is 0 Å². The van der Waals surface area contributed by atoms with Gasteiger partial charge < -0.3 is 15.0 Å². The molecule has 0 spiro atoms. The number of rotatable bonds is 6. The van der Waals surface area contributed by atoms with E-state index in [1.54, 1.807) is 18.2 Å². The molecule has 2 heterocycles. The molecule has 176 valence electrons. The standard InChI is InChI=1S/C24H28FN3O3S2/c1-15-13-28(14-16(2)26-15)19-7-8-22(31-4)21(12-19)27-33(29,30)24-10-6-18(11-20(24)25)23-9-5-17(3)32-23/h5-12,15-16,26-27H,13-14H2,1-4H3/t15-,16+. The van der Waals surface area contributed by atoms with Gasteiger partial charge in [-0.15, -0.1) is 11.3 Å². The summed E-state index contributed by atoms with van der Waals surface area (Å²) in [4.78, 5) is 3.78. The quantitative estimate of drug-likeness (QED) is 0.518. The SMILES string of the molecule is COc1ccc(N2C[C@@H](C)N[C@@H](C)C2)cc1NS(=O)(=O)c1ccc(-c2ccc(C)s2)cc1F. The van der Waals surface area contributed by atoms with Crippen molar-refractivity contribution in [2.24, 2.45) is 0 Å². The number of methoxy groups -OCH3 is 1. The van der Waals surface area contributed by atoms with Gasteiger partial charge in [-0.2, -0.15) is 0 Å². The molecule has 0 bridgehead atoms. The molecule has 4 rings (SSSR count). The minimum absolute atomic E-state index is 0.270. The van der Waals surface area contributed by atoms with Gasteiger partial charge in [0, 0.05) is 40.6 Å². The van der Waals surface area contributed by atoms with Gasteiger partial charge in [-0.3, -0.25) is 4.72 Å². The zero-order chi connectivity index (χ0) is 23.8. The summed E-state index contributed by atoms with van der Waals surface area (Å²) in [6.45, 7) is 7.78. The van der Waals surface area contributed by atoms with Crippen molar-refractivity contribution in [3.8, 4) is 16.2 Å². The number of hydrogen-bond donors (Lipinski definition) is 2. The molecule has 6 nitrogen and oxygen atoms in total. The van der Waals surface area contributed by atoms with Crippen LogP contribution in [-0.2, 0) is 10.0 Å². The number of piperazine rings is 1. The number of hydrogen-bond acceptors (Lipinski definition) is 6. The van der Waals surface area contributed by atoms with Gasteiger partial charge in [0.25, 0.3) is 10.0 Å². The lowest BCUT2D eigenvalue weighted by Gasteiger charge is -2.38. The number of halogens is 1. The largest absolute Gasteiger partial charge is 0.495 e. The predicted octanol–water partition coefficient (Wildman–Crippen LogP) is 4.86. The number of thiophene rings is 1. The van der Waals surface area contributed by atoms with E-state index in [9.17, 15) is 12.8 Å². The Morgan fingerprint density at radius 1 is 1.09 bits per heavy atom. The third-order valence-electron chi connectivity index (χ3n) is 5.60. The molecule has 1 aromatic heterocycles. The lowest BCUT2D eigenvalue weighted by atomic mass is 10.1. The van der Waals surface area contributed by atoms with Crippen molar-refractivity contribution in [3.63, 3.8) is 0 Å². The molecule has 3 aromatic rings. The fourth-order valence-electron chi connectivity index (χ4n) is 4.17. The van der Waals surface area contributed by atoms with Crippen molar-refractivity contribution < 1.29 is 17.5 Å². The molecular weight excluding hydrogens is 461 g/mol. The van der Waals surface area contributed by atoms with Crippen LogP contribution in [0.5, 0.6) is 5.75 Å². The Balaban J connectivity index is 1.63. The van der Waals surface area contributed by atoms with Crippen LogP contribution in [0, 0.1) is 12.7 Å². The summed E-state index contributed by atoms with van der Waals surface area (Å²) in [7, 11) is -2.70. The first kappa shape index (κ1) is 23.5. The third-order valence-corrected chi connectivity index (χ3v) is 8.04. The van der Waals surface area contributed by atoms with Gasteiger partial charge >= 0.3 is 0 Å². The van der Waals surface area contributed by atoms with E-state index in [4.69, 9.17) is 4.74 Å².